The molecule has 2 aliphatic heterocycles. The number of rotatable bonds is 2. The summed E-state index contributed by atoms with van der Waals surface area (Å²) >= 11 is 0. The van der Waals surface area contributed by atoms with Crippen molar-refractivity contribution in [2.24, 2.45) is 18.9 Å². The van der Waals surface area contributed by atoms with Crippen LogP contribution in [0.4, 0.5) is 10.3 Å². The molecule has 7 heteroatoms. The standard InChI is InChI=1S/C19H21FN6/c1-24-8-13-9-26(19-21-7-16-18(23-19)22-11-25(16)2)10-15(13)17(24)12-4-3-5-14(20)6-12/h3-7,11,13,15,17H,8-10H2,1-2H3/t13-,15+,17-/m0/s1. The van der Waals surface area contributed by atoms with Gasteiger partial charge >= 0.3 is 0 Å². The van der Waals surface area contributed by atoms with Gasteiger partial charge in [0.1, 0.15) is 11.3 Å². The van der Waals surface area contributed by atoms with Crippen molar-refractivity contribution in [3.05, 3.63) is 48.2 Å². The molecule has 2 saturated heterocycles. The molecule has 2 aromatic heterocycles. The number of halogens is 1. The van der Waals surface area contributed by atoms with Crippen molar-refractivity contribution in [3.63, 3.8) is 0 Å². The average molecular weight is 352 g/mol. The van der Waals surface area contributed by atoms with Crippen LogP contribution in [-0.4, -0.2) is 51.1 Å². The van der Waals surface area contributed by atoms with Gasteiger partial charge in [-0.25, -0.2) is 14.4 Å². The van der Waals surface area contributed by atoms with Gasteiger partial charge in [0.05, 0.1) is 12.5 Å². The molecular formula is C19H21FN6. The fourth-order valence-corrected chi connectivity index (χ4v) is 4.67. The number of aryl methyl sites for hydroxylation is 1. The van der Waals surface area contributed by atoms with Gasteiger partial charge in [0.25, 0.3) is 0 Å². The smallest absolute Gasteiger partial charge is 0.227 e. The second-order valence-electron chi connectivity index (χ2n) is 7.50. The zero-order valence-corrected chi connectivity index (χ0v) is 14.9. The molecule has 0 amide bonds. The van der Waals surface area contributed by atoms with E-state index >= 15 is 0 Å². The van der Waals surface area contributed by atoms with Crippen LogP contribution < -0.4 is 4.90 Å². The van der Waals surface area contributed by atoms with Gasteiger partial charge in [0, 0.05) is 38.6 Å². The minimum absolute atomic E-state index is 0.168. The third-order valence-electron chi connectivity index (χ3n) is 5.84. The SMILES string of the molecule is CN1C[C@H]2CN(c3ncc4c(ncn4C)n3)C[C@H]2[C@@H]1c1cccc(F)c1. The van der Waals surface area contributed by atoms with Gasteiger partial charge in [-0.1, -0.05) is 12.1 Å². The van der Waals surface area contributed by atoms with E-state index in [0.717, 1.165) is 42.3 Å². The van der Waals surface area contributed by atoms with Gasteiger partial charge in [-0.3, -0.25) is 4.90 Å². The summed E-state index contributed by atoms with van der Waals surface area (Å²) in [5.41, 5.74) is 2.72. The van der Waals surface area contributed by atoms with Crippen LogP contribution in [-0.2, 0) is 7.05 Å². The molecule has 0 N–H and O–H groups in total. The molecule has 0 aliphatic carbocycles. The summed E-state index contributed by atoms with van der Waals surface area (Å²) in [6.45, 7) is 2.82. The lowest BCUT2D eigenvalue weighted by Gasteiger charge is -2.26. The van der Waals surface area contributed by atoms with Crippen LogP contribution in [0.25, 0.3) is 11.2 Å². The van der Waals surface area contributed by atoms with Crippen LogP contribution in [0.5, 0.6) is 0 Å². The summed E-state index contributed by atoms with van der Waals surface area (Å²) in [6, 6.07) is 7.25. The Morgan fingerprint density at radius 3 is 2.85 bits per heavy atom. The highest BCUT2D eigenvalue weighted by atomic mass is 19.1. The van der Waals surface area contributed by atoms with Crippen LogP contribution >= 0.6 is 0 Å². The van der Waals surface area contributed by atoms with E-state index in [2.05, 4.69) is 31.8 Å². The zero-order chi connectivity index (χ0) is 17.8. The molecule has 3 atom stereocenters. The number of aromatic nitrogens is 4. The quantitative estimate of drug-likeness (QED) is 0.708. The van der Waals surface area contributed by atoms with Gasteiger partial charge in [-0.05, 0) is 30.7 Å². The van der Waals surface area contributed by atoms with Crippen LogP contribution in [0, 0.1) is 17.7 Å². The Bertz CT molecular complexity index is 970. The first kappa shape index (κ1) is 15.7. The van der Waals surface area contributed by atoms with E-state index < -0.39 is 0 Å². The van der Waals surface area contributed by atoms with E-state index in [1.54, 1.807) is 18.5 Å². The number of imidazole rings is 1. The highest BCUT2D eigenvalue weighted by Gasteiger charge is 2.46. The third kappa shape index (κ3) is 2.38. The summed E-state index contributed by atoms with van der Waals surface area (Å²) < 4.78 is 15.6. The molecular weight excluding hydrogens is 331 g/mol. The largest absolute Gasteiger partial charge is 0.340 e. The summed E-state index contributed by atoms with van der Waals surface area (Å²) in [7, 11) is 4.08. The molecule has 4 heterocycles. The Morgan fingerprint density at radius 2 is 2.00 bits per heavy atom. The van der Waals surface area contributed by atoms with Crippen molar-refractivity contribution >= 4 is 17.1 Å². The molecule has 0 spiro atoms. The minimum Gasteiger partial charge on any atom is -0.340 e. The number of hydrogen-bond donors (Lipinski definition) is 0. The monoisotopic (exact) mass is 352 g/mol. The Kier molecular flexibility index (Phi) is 3.46. The van der Waals surface area contributed by atoms with Crippen molar-refractivity contribution in [2.45, 2.75) is 6.04 Å². The Hall–Kier alpha value is -2.54. The first-order valence-electron chi connectivity index (χ1n) is 8.95. The molecule has 5 rings (SSSR count). The lowest BCUT2D eigenvalue weighted by molar-refractivity contribution is 0.279. The van der Waals surface area contributed by atoms with Crippen LogP contribution in [0.1, 0.15) is 11.6 Å². The molecule has 26 heavy (non-hydrogen) atoms. The number of likely N-dealkylation sites (tertiary alicyclic amines) is 1. The highest BCUT2D eigenvalue weighted by molar-refractivity contribution is 5.71. The van der Waals surface area contributed by atoms with Gasteiger partial charge in [0.2, 0.25) is 5.95 Å². The molecule has 0 unspecified atom stereocenters. The van der Waals surface area contributed by atoms with Crippen LogP contribution in [0.15, 0.2) is 36.8 Å². The summed E-state index contributed by atoms with van der Waals surface area (Å²) in [5, 5.41) is 0. The first-order chi connectivity index (χ1) is 12.6. The number of fused-ring (bicyclic) bond motifs is 2. The predicted molar refractivity (Wildman–Crippen MR) is 97.3 cm³/mol. The van der Waals surface area contributed by atoms with Crippen molar-refractivity contribution in [3.8, 4) is 0 Å². The number of anilines is 1. The molecule has 0 bridgehead atoms. The lowest BCUT2D eigenvalue weighted by atomic mass is 9.89. The van der Waals surface area contributed by atoms with E-state index in [9.17, 15) is 4.39 Å². The average Bonchev–Trinajstić information content (AvgIpc) is 3.27. The molecule has 2 aliphatic rings. The first-order valence-corrected chi connectivity index (χ1v) is 8.95. The predicted octanol–water partition coefficient (Wildman–Crippen LogP) is 2.24. The van der Waals surface area contributed by atoms with E-state index in [0.29, 0.717) is 11.8 Å². The van der Waals surface area contributed by atoms with Crippen molar-refractivity contribution < 1.29 is 4.39 Å². The van der Waals surface area contributed by atoms with Crippen LogP contribution in [0.3, 0.4) is 0 Å². The zero-order valence-electron chi connectivity index (χ0n) is 14.9. The maximum atomic E-state index is 13.7. The maximum absolute atomic E-state index is 13.7. The molecule has 6 nitrogen and oxygen atoms in total. The lowest BCUT2D eigenvalue weighted by Crippen LogP contribution is -2.30. The van der Waals surface area contributed by atoms with Gasteiger partial charge < -0.3 is 9.47 Å². The van der Waals surface area contributed by atoms with Crippen LogP contribution in [0.2, 0.25) is 0 Å². The minimum atomic E-state index is -0.168. The van der Waals surface area contributed by atoms with Crippen molar-refractivity contribution in [1.82, 2.24) is 24.4 Å². The molecule has 134 valence electrons. The second-order valence-corrected chi connectivity index (χ2v) is 7.50. The fourth-order valence-electron chi connectivity index (χ4n) is 4.67. The normalized spacial score (nSPS) is 26.0. The molecule has 0 saturated carbocycles. The molecule has 0 radical (unpaired) electrons. The number of nitrogens with zero attached hydrogens (tertiary/aromatic N) is 6. The maximum Gasteiger partial charge on any atom is 0.227 e. The van der Waals surface area contributed by atoms with E-state index in [1.165, 1.54) is 6.07 Å². The number of benzene rings is 1. The second kappa shape index (κ2) is 5.74. The number of hydrogen-bond acceptors (Lipinski definition) is 5. The molecule has 1 aromatic carbocycles. The van der Waals surface area contributed by atoms with Gasteiger partial charge in [-0.15, -0.1) is 0 Å². The Morgan fingerprint density at radius 1 is 1.12 bits per heavy atom. The van der Waals surface area contributed by atoms with Gasteiger partial charge in [0.15, 0.2) is 5.65 Å². The summed E-state index contributed by atoms with van der Waals surface area (Å²) in [4.78, 5) is 18.2. The third-order valence-corrected chi connectivity index (χ3v) is 5.84. The van der Waals surface area contributed by atoms with E-state index in [4.69, 9.17) is 0 Å². The summed E-state index contributed by atoms with van der Waals surface area (Å²) in [5.74, 6) is 1.56. The van der Waals surface area contributed by atoms with E-state index in [1.807, 2.05) is 23.9 Å². The Labute approximate surface area is 151 Å². The highest BCUT2D eigenvalue weighted by Crippen LogP contribution is 2.44. The van der Waals surface area contributed by atoms with Gasteiger partial charge in [-0.2, -0.15) is 4.98 Å². The van der Waals surface area contributed by atoms with Crippen molar-refractivity contribution in [1.29, 1.82) is 0 Å². The fraction of sp³-hybridized carbons (Fsp3) is 0.421. The molecule has 2 fully saturated rings. The topological polar surface area (TPSA) is 50.1 Å². The Balaban J connectivity index is 1.43. The van der Waals surface area contributed by atoms with E-state index in [-0.39, 0.29) is 11.9 Å². The molecule has 3 aromatic rings. The van der Waals surface area contributed by atoms with Crippen molar-refractivity contribution in [2.75, 3.05) is 31.6 Å². The summed E-state index contributed by atoms with van der Waals surface area (Å²) in [6.07, 6.45) is 3.60.